The van der Waals surface area contributed by atoms with Gasteiger partial charge in [0.25, 0.3) is 5.69 Å². The fraction of sp³-hybridized carbons (Fsp3) is 0.571. The van der Waals surface area contributed by atoms with Crippen LogP contribution in [0.25, 0.3) is 0 Å². The van der Waals surface area contributed by atoms with Crippen molar-refractivity contribution in [2.45, 2.75) is 38.3 Å². The van der Waals surface area contributed by atoms with Gasteiger partial charge in [0, 0.05) is 30.2 Å². The number of nitrogens with zero attached hydrogens (tertiary/aromatic N) is 2. The normalized spacial score (nSPS) is 22.9. The molecule has 0 saturated carbocycles. The Morgan fingerprint density at radius 1 is 1.55 bits per heavy atom. The number of non-ortho nitro benzene ring substituents is 1. The Hall–Kier alpha value is -1.33. The van der Waals surface area contributed by atoms with Gasteiger partial charge in [0.05, 0.1) is 23.7 Å². The van der Waals surface area contributed by atoms with Crippen LogP contribution in [0.5, 0.6) is 0 Å². The van der Waals surface area contributed by atoms with Gasteiger partial charge in [0.15, 0.2) is 0 Å². The van der Waals surface area contributed by atoms with E-state index in [1.54, 1.807) is 12.1 Å². The van der Waals surface area contributed by atoms with Crippen molar-refractivity contribution in [1.82, 2.24) is 0 Å². The van der Waals surface area contributed by atoms with E-state index in [-0.39, 0.29) is 28.6 Å². The molecule has 0 N–H and O–H groups in total. The predicted molar refractivity (Wildman–Crippen MR) is 79.5 cm³/mol. The van der Waals surface area contributed by atoms with Crippen LogP contribution in [0, 0.1) is 10.1 Å². The first-order chi connectivity index (χ1) is 9.56. The van der Waals surface area contributed by atoms with E-state index < -0.39 is 0 Å². The first kappa shape index (κ1) is 15.1. The quantitative estimate of drug-likeness (QED) is 0.486. The lowest BCUT2D eigenvalue weighted by molar-refractivity contribution is -0.384. The molecule has 0 spiro atoms. The molecule has 2 unspecified atom stereocenters. The van der Waals surface area contributed by atoms with E-state index in [9.17, 15) is 10.1 Å². The lowest BCUT2D eigenvalue weighted by Crippen LogP contribution is -2.49. The number of rotatable bonds is 4. The second-order valence-electron chi connectivity index (χ2n) is 5.06. The summed E-state index contributed by atoms with van der Waals surface area (Å²) in [6.45, 7) is 5.60. The second kappa shape index (κ2) is 6.41. The Morgan fingerprint density at radius 2 is 2.30 bits per heavy atom. The Kier molecular flexibility index (Phi) is 4.83. The number of morpholine rings is 1. The van der Waals surface area contributed by atoms with Gasteiger partial charge in [-0.25, -0.2) is 0 Å². The Morgan fingerprint density at radius 3 is 2.90 bits per heavy atom. The lowest BCUT2D eigenvalue weighted by Gasteiger charge is -2.40. The van der Waals surface area contributed by atoms with E-state index in [0.29, 0.717) is 6.61 Å². The molecular formula is C14H19ClN2O3. The van der Waals surface area contributed by atoms with Crippen LogP contribution in [0.3, 0.4) is 0 Å². The fourth-order valence-corrected chi connectivity index (χ4v) is 2.76. The molecule has 1 aliphatic heterocycles. The summed E-state index contributed by atoms with van der Waals surface area (Å²) in [5.41, 5.74) is 1.86. The van der Waals surface area contributed by atoms with Crippen LogP contribution in [-0.2, 0) is 10.6 Å². The van der Waals surface area contributed by atoms with E-state index in [1.807, 2.05) is 6.92 Å². The highest BCUT2D eigenvalue weighted by atomic mass is 35.5. The van der Waals surface area contributed by atoms with Gasteiger partial charge in [-0.1, -0.05) is 6.92 Å². The largest absolute Gasteiger partial charge is 0.375 e. The lowest BCUT2D eigenvalue weighted by atomic mass is 10.1. The molecule has 2 atom stereocenters. The second-order valence-corrected chi connectivity index (χ2v) is 5.33. The van der Waals surface area contributed by atoms with E-state index >= 15 is 0 Å². The standard InChI is InChI=1S/C14H19ClN2O3/c1-3-12-9-20-10(2)8-16(12)14-5-4-13(17(18)19)6-11(14)7-15/h4-6,10,12H,3,7-9H2,1-2H3. The summed E-state index contributed by atoms with van der Waals surface area (Å²) in [4.78, 5) is 12.7. The molecule has 1 fully saturated rings. The van der Waals surface area contributed by atoms with Crippen molar-refractivity contribution in [2.75, 3.05) is 18.1 Å². The SMILES string of the molecule is CCC1COC(C)CN1c1ccc([N+](=O)[O-])cc1CCl. The van der Waals surface area contributed by atoms with E-state index in [2.05, 4.69) is 11.8 Å². The van der Waals surface area contributed by atoms with Crippen molar-refractivity contribution < 1.29 is 9.66 Å². The molecule has 1 aromatic rings. The van der Waals surface area contributed by atoms with Crippen LogP contribution in [-0.4, -0.2) is 30.2 Å². The number of alkyl halides is 1. The highest BCUT2D eigenvalue weighted by Gasteiger charge is 2.27. The molecule has 2 rings (SSSR count). The predicted octanol–water partition coefficient (Wildman–Crippen LogP) is 3.34. The van der Waals surface area contributed by atoms with Crippen LogP contribution < -0.4 is 4.90 Å². The van der Waals surface area contributed by atoms with Crippen LogP contribution in [0.15, 0.2) is 18.2 Å². The molecule has 0 amide bonds. The highest BCUT2D eigenvalue weighted by Crippen LogP contribution is 2.31. The van der Waals surface area contributed by atoms with Crippen LogP contribution in [0.2, 0.25) is 0 Å². The van der Waals surface area contributed by atoms with Crippen molar-refractivity contribution >= 4 is 23.0 Å². The number of halogens is 1. The number of anilines is 1. The van der Waals surface area contributed by atoms with E-state index in [1.165, 1.54) is 6.07 Å². The van der Waals surface area contributed by atoms with Crippen molar-refractivity contribution in [3.63, 3.8) is 0 Å². The molecule has 0 aliphatic carbocycles. The molecule has 1 aromatic carbocycles. The Balaban J connectivity index is 2.36. The molecule has 110 valence electrons. The minimum absolute atomic E-state index is 0.0822. The van der Waals surface area contributed by atoms with Gasteiger partial charge >= 0.3 is 0 Å². The van der Waals surface area contributed by atoms with E-state index in [4.69, 9.17) is 16.3 Å². The fourth-order valence-electron chi connectivity index (χ4n) is 2.55. The van der Waals surface area contributed by atoms with Gasteiger partial charge in [-0.15, -0.1) is 11.6 Å². The van der Waals surface area contributed by atoms with Gasteiger partial charge in [0.1, 0.15) is 0 Å². The zero-order valence-electron chi connectivity index (χ0n) is 11.7. The van der Waals surface area contributed by atoms with Crippen molar-refractivity contribution in [1.29, 1.82) is 0 Å². The monoisotopic (exact) mass is 298 g/mol. The van der Waals surface area contributed by atoms with Gasteiger partial charge in [0.2, 0.25) is 0 Å². The third-order valence-electron chi connectivity index (χ3n) is 3.67. The molecule has 1 saturated heterocycles. The first-order valence-corrected chi connectivity index (χ1v) is 7.31. The summed E-state index contributed by atoms with van der Waals surface area (Å²) < 4.78 is 5.69. The maximum Gasteiger partial charge on any atom is 0.269 e. The summed E-state index contributed by atoms with van der Waals surface area (Å²) in [6, 6.07) is 5.19. The number of benzene rings is 1. The Labute approximate surface area is 123 Å². The Bertz CT molecular complexity index is 495. The van der Waals surface area contributed by atoms with Crippen LogP contribution in [0.1, 0.15) is 25.8 Å². The molecule has 0 aromatic heterocycles. The number of hydrogen-bond acceptors (Lipinski definition) is 4. The minimum atomic E-state index is -0.390. The maximum absolute atomic E-state index is 10.9. The molecule has 0 bridgehead atoms. The van der Waals surface area contributed by atoms with Crippen molar-refractivity contribution in [2.24, 2.45) is 0 Å². The zero-order chi connectivity index (χ0) is 14.7. The third kappa shape index (κ3) is 3.04. The smallest absolute Gasteiger partial charge is 0.269 e. The van der Waals surface area contributed by atoms with E-state index in [0.717, 1.165) is 24.2 Å². The molecule has 5 nitrogen and oxygen atoms in total. The number of hydrogen-bond donors (Lipinski definition) is 0. The van der Waals surface area contributed by atoms with Gasteiger partial charge in [-0.2, -0.15) is 0 Å². The van der Waals surface area contributed by atoms with Crippen LogP contribution in [0.4, 0.5) is 11.4 Å². The van der Waals surface area contributed by atoms with Crippen LogP contribution >= 0.6 is 11.6 Å². The van der Waals surface area contributed by atoms with Gasteiger partial charge in [-0.05, 0) is 25.0 Å². The number of ether oxygens (including phenoxy) is 1. The average Bonchev–Trinajstić information content (AvgIpc) is 2.46. The molecule has 20 heavy (non-hydrogen) atoms. The van der Waals surface area contributed by atoms with Gasteiger partial charge in [-0.3, -0.25) is 10.1 Å². The number of nitro groups is 1. The summed E-state index contributed by atoms with van der Waals surface area (Å²) in [6.07, 6.45) is 1.11. The average molecular weight is 299 g/mol. The topological polar surface area (TPSA) is 55.6 Å². The minimum Gasteiger partial charge on any atom is -0.375 e. The first-order valence-electron chi connectivity index (χ1n) is 6.78. The molecule has 6 heteroatoms. The molecule has 1 heterocycles. The summed E-state index contributed by atoms with van der Waals surface area (Å²) >= 11 is 5.97. The van der Waals surface area contributed by atoms with Gasteiger partial charge < -0.3 is 9.64 Å². The molecular weight excluding hydrogens is 280 g/mol. The summed E-state index contributed by atoms with van der Waals surface area (Å²) in [7, 11) is 0. The summed E-state index contributed by atoms with van der Waals surface area (Å²) in [5.74, 6) is 0.263. The van der Waals surface area contributed by atoms with Crippen molar-refractivity contribution in [3.05, 3.63) is 33.9 Å². The molecule has 0 radical (unpaired) electrons. The maximum atomic E-state index is 10.9. The third-order valence-corrected chi connectivity index (χ3v) is 3.95. The summed E-state index contributed by atoms with van der Waals surface area (Å²) in [5, 5.41) is 10.9. The van der Waals surface area contributed by atoms with Crippen molar-refractivity contribution in [3.8, 4) is 0 Å². The molecule has 1 aliphatic rings. The highest BCUT2D eigenvalue weighted by molar-refractivity contribution is 6.17. The number of nitro benzene ring substituents is 1. The zero-order valence-corrected chi connectivity index (χ0v) is 12.5.